The van der Waals surface area contributed by atoms with E-state index in [-0.39, 0.29) is 0 Å². The Morgan fingerprint density at radius 3 is 3.00 bits per heavy atom. The first-order valence-electron chi connectivity index (χ1n) is 4.59. The van der Waals surface area contributed by atoms with Crippen molar-refractivity contribution in [3.63, 3.8) is 0 Å². The monoisotopic (exact) mass is 185 g/mol. The van der Waals surface area contributed by atoms with Crippen molar-refractivity contribution in [1.82, 2.24) is 4.98 Å². The SMILES string of the molecule is Cc1c(CC=O)ccc2cnccc12. The second-order valence-electron chi connectivity index (χ2n) is 3.32. The van der Waals surface area contributed by atoms with Crippen LogP contribution in [0.3, 0.4) is 0 Å². The van der Waals surface area contributed by atoms with E-state index in [1.54, 1.807) is 6.20 Å². The van der Waals surface area contributed by atoms with Crippen molar-refractivity contribution in [3.05, 3.63) is 41.7 Å². The number of rotatable bonds is 2. The number of hydrogen-bond acceptors (Lipinski definition) is 2. The molecule has 1 heterocycles. The number of aryl methyl sites for hydroxylation is 1. The summed E-state index contributed by atoms with van der Waals surface area (Å²) in [6.07, 6.45) is 5.05. The Balaban J connectivity index is 2.68. The molecule has 2 rings (SSSR count). The number of carbonyl (C=O) groups is 1. The van der Waals surface area contributed by atoms with E-state index in [1.807, 2.05) is 31.3 Å². The van der Waals surface area contributed by atoms with Gasteiger partial charge in [0.15, 0.2) is 0 Å². The van der Waals surface area contributed by atoms with Crippen molar-refractivity contribution in [1.29, 1.82) is 0 Å². The van der Waals surface area contributed by atoms with Crippen molar-refractivity contribution < 1.29 is 4.79 Å². The van der Waals surface area contributed by atoms with Crippen molar-refractivity contribution in [3.8, 4) is 0 Å². The molecule has 2 aromatic rings. The van der Waals surface area contributed by atoms with Gasteiger partial charge in [0.1, 0.15) is 6.29 Å². The summed E-state index contributed by atoms with van der Waals surface area (Å²) in [5.74, 6) is 0. The van der Waals surface area contributed by atoms with Gasteiger partial charge in [-0.3, -0.25) is 4.98 Å². The Morgan fingerprint density at radius 2 is 2.21 bits per heavy atom. The lowest BCUT2D eigenvalue weighted by Crippen LogP contribution is -1.91. The minimum Gasteiger partial charge on any atom is -0.303 e. The van der Waals surface area contributed by atoms with E-state index in [0.717, 1.165) is 17.2 Å². The molecule has 0 aliphatic carbocycles. The highest BCUT2D eigenvalue weighted by Gasteiger charge is 2.02. The largest absolute Gasteiger partial charge is 0.303 e. The molecule has 1 aromatic heterocycles. The zero-order valence-electron chi connectivity index (χ0n) is 8.03. The molecule has 0 fully saturated rings. The van der Waals surface area contributed by atoms with Gasteiger partial charge in [-0.15, -0.1) is 0 Å². The highest BCUT2D eigenvalue weighted by molar-refractivity contribution is 5.86. The predicted molar refractivity (Wildman–Crippen MR) is 56.2 cm³/mol. The van der Waals surface area contributed by atoms with Crippen LogP contribution < -0.4 is 0 Å². The Labute approximate surface area is 82.6 Å². The molecule has 0 aliphatic heterocycles. The van der Waals surface area contributed by atoms with Gasteiger partial charge < -0.3 is 4.79 Å². The average molecular weight is 185 g/mol. The summed E-state index contributed by atoms with van der Waals surface area (Å²) in [6, 6.07) is 5.99. The smallest absolute Gasteiger partial charge is 0.124 e. The number of aromatic nitrogens is 1. The van der Waals surface area contributed by atoms with Crippen LogP contribution in [0.5, 0.6) is 0 Å². The van der Waals surface area contributed by atoms with Crippen molar-refractivity contribution in [2.24, 2.45) is 0 Å². The second kappa shape index (κ2) is 3.58. The Kier molecular flexibility index (Phi) is 2.27. The zero-order chi connectivity index (χ0) is 9.97. The van der Waals surface area contributed by atoms with E-state index in [4.69, 9.17) is 0 Å². The molecule has 0 N–H and O–H groups in total. The van der Waals surface area contributed by atoms with Gasteiger partial charge in [-0.05, 0) is 29.5 Å². The summed E-state index contributed by atoms with van der Waals surface area (Å²) in [6.45, 7) is 2.04. The van der Waals surface area contributed by atoms with Crippen LogP contribution in [0.15, 0.2) is 30.6 Å². The lowest BCUT2D eigenvalue weighted by molar-refractivity contribution is -0.107. The van der Waals surface area contributed by atoms with Gasteiger partial charge in [-0.25, -0.2) is 0 Å². The van der Waals surface area contributed by atoms with Gasteiger partial charge >= 0.3 is 0 Å². The van der Waals surface area contributed by atoms with Crippen LogP contribution >= 0.6 is 0 Å². The first kappa shape index (κ1) is 8.88. The minimum absolute atomic E-state index is 0.490. The Morgan fingerprint density at radius 1 is 1.36 bits per heavy atom. The van der Waals surface area contributed by atoms with Crippen LogP contribution in [0.2, 0.25) is 0 Å². The molecule has 0 aliphatic rings. The molecule has 0 saturated heterocycles. The standard InChI is InChI=1S/C12H11NO/c1-9-10(5-7-14)2-3-11-8-13-6-4-12(9)11/h2-4,6-8H,5H2,1H3. The highest BCUT2D eigenvalue weighted by Crippen LogP contribution is 2.20. The molecule has 0 saturated carbocycles. The molecule has 2 heteroatoms. The summed E-state index contributed by atoms with van der Waals surface area (Å²) >= 11 is 0. The molecule has 2 nitrogen and oxygen atoms in total. The van der Waals surface area contributed by atoms with Crippen molar-refractivity contribution in [2.45, 2.75) is 13.3 Å². The van der Waals surface area contributed by atoms with Crippen LogP contribution in [-0.2, 0) is 11.2 Å². The lowest BCUT2D eigenvalue weighted by atomic mass is 10.00. The number of aldehydes is 1. The van der Waals surface area contributed by atoms with Crippen molar-refractivity contribution in [2.75, 3.05) is 0 Å². The summed E-state index contributed by atoms with van der Waals surface area (Å²) in [4.78, 5) is 14.5. The summed E-state index contributed by atoms with van der Waals surface area (Å²) < 4.78 is 0. The molecular formula is C12H11NO. The van der Waals surface area contributed by atoms with Crippen molar-refractivity contribution >= 4 is 17.1 Å². The number of pyridine rings is 1. The third-order valence-corrected chi connectivity index (χ3v) is 2.50. The summed E-state index contributed by atoms with van der Waals surface area (Å²) in [5.41, 5.74) is 2.27. The Bertz CT molecular complexity index is 477. The zero-order valence-corrected chi connectivity index (χ0v) is 8.03. The van der Waals surface area contributed by atoms with E-state index in [1.165, 1.54) is 10.9 Å². The molecule has 70 valence electrons. The number of hydrogen-bond donors (Lipinski definition) is 0. The lowest BCUT2D eigenvalue weighted by Gasteiger charge is -2.05. The molecule has 1 aromatic carbocycles. The number of benzene rings is 1. The van der Waals surface area contributed by atoms with E-state index in [9.17, 15) is 4.79 Å². The van der Waals surface area contributed by atoms with Crippen LogP contribution in [-0.4, -0.2) is 11.3 Å². The third kappa shape index (κ3) is 1.39. The average Bonchev–Trinajstić information content (AvgIpc) is 2.23. The third-order valence-electron chi connectivity index (χ3n) is 2.50. The van der Waals surface area contributed by atoms with Crippen LogP contribution in [0, 0.1) is 6.92 Å². The number of fused-ring (bicyclic) bond motifs is 1. The fraction of sp³-hybridized carbons (Fsp3) is 0.167. The summed E-state index contributed by atoms with van der Waals surface area (Å²) in [5, 5.41) is 2.30. The van der Waals surface area contributed by atoms with Gasteiger partial charge in [0.25, 0.3) is 0 Å². The van der Waals surface area contributed by atoms with E-state index >= 15 is 0 Å². The van der Waals surface area contributed by atoms with Gasteiger partial charge in [-0.1, -0.05) is 12.1 Å². The maximum Gasteiger partial charge on any atom is 0.124 e. The maximum atomic E-state index is 10.5. The highest BCUT2D eigenvalue weighted by atomic mass is 16.1. The van der Waals surface area contributed by atoms with Crippen LogP contribution in [0.4, 0.5) is 0 Å². The summed E-state index contributed by atoms with van der Waals surface area (Å²) in [7, 11) is 0. The molecule has 0 amide bonds. The quantitative estimate of drug-likeness (QED) is 0.672. The molecule has 0 bridgehead atoms. The fourth-order valence-corrected chi connectivity index (χ4v) is 1.68. The molecular weight excluding hydrogens is 174 g/mol. The molecule has 0 atom stereocenters. The maximum absolute atomic E-state index is 10.5. The van der Waals surface area contributed by atoms with E-state index in [0.29, 0.717) is 6.42 Å². The Hall–Kier alpha value is -1.70. The van der Waals surface area contributed by atoms with Gasteiger partial charge in [0.05, 0.1) is 0 Å². The molecule has 0 spiro atoms. The first-order valence-corrected chi connectivity index (χ1v) is 4.59. The van der Waals surface area contributed by atoms with E-state index < -0.39 is 0 Å². The molecule has 14 heavy (non-hydrogen) atoms. The number of carbonyl (C=O) groups excluding carboxylic acids is 1. The first-order chi connectivity index (χ1) is 6.83. The fourth-order valence-electron chi connectivity index (χ4n) is 1.68. The van der Waals surface area contributed by atoms with Crippen LogP contribution in [0.25, 0.3) is 10.8 Å². The van der Waals surface area contributed by atoms with E-state index in [2.05, 4.69) is 4.98 Å². The predicted octanol–water partition coefficient (Wildman–Crippen LogP) is 2.28. The molecule has 0 radical (unpaired) electrons. The normalized spacial score (nSPS) is 10.4. The number of nitrogens with zero attached hydrogens (tertiary/aromatic N) is 1. The van der Waals surface area contributed by atoms with Gasteiger partial charge in [-0.2, -0.15) is 0 Å². The molecule has 0 unspecified atom stereocenters. The van der Waals surface area contributed by atoms with Crippen LogP contribution in [0.1, 0.15) is 11.1 Å². The van der Waals surface area contributed by atoms with Gasteiger partial charge in [0.2, 0.25) is 0 Å². The van der Waals surface area contributed by atoms with Gasteiger partial charge in [0, 0.05) is 24.2 Å². The second-order valence-corrected chi connectivity index (χ2v) is 3.32. The topological polar surface area (TPSA) is 30.0 Å². The minimum atomic E-state index is 0.490.